The molecule has 11 nitrogen and oxygen atoms in total. The predicted octanol–water partition coefficient (Wildman–Crippen LogP) is 5.72. The maximum Gasteiger partial charge on any atom is 0.287 e. The number of hydrogen-bond acceptors (Lipinski definition) is 8. The van der Waals surface area contributed by atoms with E-state index in [1.165, 1.54) is 18.6 Å². The summed E-state index contributed by atoms with van der Waals surface area (Å²) in [7, 11) is 0. The summed E-state index contributed by atoms with van der Waals surface area (Å²) in [6, 6.07) is -0.759. The number of rotatable bonds is 19. The Morgan fingerprint density at radius 2 is 1.67 bits per heavy atom. The fourth-order valence-electron chi connectivity index (χ4n) is 8.94. The lowest BCUT2D eigenvalue weighted by atomic mass is 9.80. The first-order chi connectivity index (χ1) is 25.1. The van der Waals surface area contributed by atoms with E-state index in [0.717, 1.165) is 64.2 Å². The lowest BCUT2D eigenvalue weighted by molar-refractivity contribution is -0.144. The van der Waals surface area contributed by atoms with E-state index in [0.29, 0.717) is 44.2 Å². The molecule has 1 saturated heterocycles. The van der Waals surface area contributed by atoms with Gasteiger partial charge in [-0.3, -0.25) is 33.8 Å². The topological polar surface area (TPSA) is 156 Å². The molecule has 0 bridgehead atoms. The number of aromatic nitrogens is 2. The number of carbonyl (C=O) groups is 6. The third-order valence-electron chi connectivity index (χ3n) is 12.2. The lowest BCUT2D eigenvalue weighted by Crippen LogP contribution is -2.48. The van der Waals surface area contributed by atoms with Gasteiger partial charge >= 0.3 is 0 Å². The molecule has 1 aliphatic heterocycles. The second-order valence-electron chi connectivity index (χ2n) is 15.8. The SMILES string of the molecule is C/C=C(\C)C(=O)CC[C@H](CC[C@@H](NC(=O)c1cnccn1)C1CCCCC1)C(=O)N1C[C@@H]2CCC[C@@H]2[C@H]1C(=O)C[C@@H](CCC)C(=O)C(=O)NC1CC1. The van der Waals surface area contributed by atoms with Gasteiger partial charge in [-0.1, -0.05) is 45.1 Å². The largest absolute Gasteiger partial charge is 0.348 e. The molecule has 11 heteroatoms. The van der Waals surface area contributed by atoms with Crippen molar-refractivity contribution in [2.45, 2.75) is 148 Å². The van der Waals surface area contributed by atoms with Crippen LogP contribution in [0.1, 0.15) is 140 Å². The maximum absolute atomic E-state index is 14.8. The van der Waals surface area contributed by atoms with E-state index in [9.17, 15) is 28.8 Å². The smallest absolute Gasteiger partial charge is 0.287 e. The normalized spacial score (nSPS) is 23.7. The van der Waals surface area contributed by atoms with E-state index in [-0.39, 0.29) is 71.8 Å². The molecule has 2 heterocycles. The maximum atomic E-state index is 14.8. The van der Waals surface area contributed by atoms with Crippen LogP contribution in [0.5, 0.6) is 0 Å². The molecule has 52 heavy (non-hydrogen) atoms. The zero-order chi connectivity index (χ0) is 37.2. The molecule has 0 unspecified atom stereocenters. The van der Waals surface area contributed by atoms with Gasteiger partial charge in [0.05, 0.1) is 12.2 Å². The van der Waals surface area contributed by atoms with Gasteiger partial charge in [-0.15, -0.1) is 0 Å². The van der Waals surface area contributed by atoms with E-state index in [1.807, 2.05) is 13.8 Å². The van der Waals surface area contributed by atoms with Crippen molar-refractivity contribution >= 4 is 35.1 Å². The highest BCUT2D eigenvalue weighted by Crippen LogP contribution is 2.44. The van der Waals surface area contributed by atoms with Gasteiger partial charge in [0, 0.05) is 55.7 Å². The molecule has 4 aliphatic rings. The minimum absolute atomic E-state index is 0.00334. The summed E-state index contributed by atoms with van der Waals surface area (Å²) in [4.78, 5) is 91.4. The van der Waals surface area contributed by atoms with Crippen LogP contribution in [0, 0.1) is 29.6 Å². The Balaban J connectivity index is 1.35. The van der Waals surface area contributed by atoms with E-state index in [2.05, 4.69) is 20.6 Å². The summed E-state index contributed by atoms with van der Waals surface area (Å²) in [5.41, 5.74) is 0.904. The number of likely N-dealkylation sites (tertiary alicyclic amines) is 1. The molecule has 5 rings (SSSR count). The zero-order valence-electron chi connectivity index (χ0n) is 31.4. The quantitative estimate of drug-likeness (QED) is 0.136. The van der Waals surface area contributed by atoms with Gasteiger partial charge in [-0.2, -0.15) is 0 Å². The number of nitrogens with zero attached hydrogens (tertiary/aromatic N) is 3. The molecule has 0 radical (unpaired) electrons. The first-order valence-electron chi connectivity index (χ1n) is 20.0. The van der Waals surface area contributed by atoms with Crippen LogP contribution in [0.25, 0.3) is 0 Å². The Kier molecular flexibility index (Phi) is 14.3. The summed E-state index contributed by atoms with van der Waals surface area (Å²) in [5, 5.41) is 6.01. The number of nitrogens with one attached hydrogen (secondary N) is 2. The Hall–Kier alpha value is -3.76. The molecule has 1 aromatic rings. The van der Waals surface area contributed by atoms with Crippen LogP contribution < -0.4 is 10.6 Å². The van der Waals surface area contributed by atoms with Crippen LogP contribution >= 0.6 is 0 Å². The third kappa shape index (κ3) is 10.2. The van der Waals surface area contributed by atoms with Crippen LogP contribution in [-0.2, 0) is 24.0 Å². The zero-order valence-corrected chi connectivity index (χ0v) is 31.4. The van der Waals surface area contributed by atoms with Crippen molar-refractivity contribution in [2.24, 2.45) is 29.6 Å². The summed E-state index contributed by atoms with van der Waals surface area (Å²) < 4.78 is 0. The van der Waals surface area contributed by atoms with Gasteiger partial charge < -0.3 is 15.5 Å². The number of amides is 3. The molecule has 2 N–H and O–H groups in total. The molecule has 6 atom stereocenters. The lowest BCUT2D eigenvalue weighted by Gasteiger charge is -2.34. The fourth-order valence-corrected chi connectivity index (χ4v) is 8.94. The van der Waals surface area contributed by atoms with E-state index < -0.39 is 29.6 Å². The van der Waals surface area contributed by atoms with Gasteiger partial charge in [0.15, 0.2) is 11.6 Å². The van der Waals surface area contributed by atoms with Crippen molar-refractivity contribution in [2.75, 3.05) is 6.54 Å². The van der Waals surface area contributed by atoms with Crippen molar-refractivity contribution in [3.05, 3.63) is 35.9 Å². The first-order valence-corrected chi connectivity index (χ1v) is 20.0. The standard InChI is InChI=1S/C41H59N5O6/c1-4-10-29(38(49)40(51)44-31-17-18-31)23-36(48)37-32-14-9-13-30(32)25-46(37)41(52)28(16-20-35(47)26(3)5-2)15-19-33(27-11-7-6-8-12-27)45-39(50)34-24-42-21-22-43-34/h5,21-22,24,27-33,37H,4,6-20,23,25H2,1-3H3,(H,44,51)(H,45,50)/b26-5+/t28-,29+,30-,32-,33+,37-/m0/s1. The highest BCUT2D eigenvalue weighted by molar-refractivity contribution is 6.37. The molecule has 3 aliphatic carbocycles. The minimum Gasteiger partial charge on any atom is -0.348 e. The Labute approximate surface area is 308 Å². The molecular weight excluding hydrogens is 658 g/mol. The number of fused-ring (bicyclic) bond motifs is 1. The minimum atomic E-state index is -0.708. The molecule has 1 aromatic heterocycles. The predicted molar refractivity (Wildman–Crippen MR) is 197 cm³/mol. The van der Waals surface area contributed by atoms with Gasteiger partial charge in [-0.05, 0) is 101 Å². The number of carbonyl (C=O) groups excluding carboxylic acids is 6. The Bertz CT molecular complexity index is 1470. The summed E-state index contributed by atoms with van der Waals surface area (Å²) >= 11 is 0. The van der Waals surface area contributed by atoms with Crippen molar-refractivity contribution in [1.29, 1.82) is 0 Å². The van der Waals surface area contributed by atoms with Crippen molar-refractivity contribution in [3.63, 3.8) is 0 Å². The first kappa shape index (κ1) is 39.4. The molecule has 284 valence electrons. The van der Waals surface area contributed by atoms with Crippen molar-refractivity contribution in [3.8, 4) is 0 Å². The summed E-state index contributed by atoms with van der Waals surface area (Å²) in [5.74, 6) is -2.39. The van der Waals surface area contributed by atoms with Crippen LogP contribution in [0.15, 0.2) is 30.2 Å². The molecule has 3 saturated carbocycles. The van der Waals surface area contributed by atoms with Crippen LogP contribution in [0.4, 0.5) is 0 Å². The molecule has 3 amide bonds. The van der Waals surface area contributed by atoms with Gasteiger partial charge in [0.25, 0.3) is 11.8 Å². The molecule has 0 spiro atoms. The second-order valence-corrected chi connectivity index (χ2v) is 15.8. The van der Waals surface area contributed by atoms with Crippen molar-refractivity contribution < 1.29 is 28.8 Å². The fraction of sp³-hybridized carbons (Fsp3) is 0.707. The van der Waals surface area contributed by atoms with Crippen LogP contribution in [0.2, 0.25) is 0 Å². The van der Waals surface area contributed by atoms with Gasteiger partial charge in [-0.25, -0.2) is 4.98 Å². The third-order valence-corrected chi connectivity index (χ3v) is 12.2. The Morgan fingerprint density at radius 1 is 0.904 bits per heavy atom. The number of hydrogen-bond donors (Lipinski definition) is 2. The summed E-state index contributed by atoms with van der Waals surface area (Å²) in [6.45, 7) is 6.05. The van der Waals surface area contributed by atoms with Crippen LogP contribution in [0.3, 0.4) is 0 Å². The van der Waals surface area contributed by atoms with E-state index in [1.54, 1.807) is 17.9 Å². The second kappa shape index (κ2) is 18.8. The van der Waals surface area contributed by atoms with Crippen LogP contribution in [-0.4, -0.2) is 74.6 Å². The number of ketones is 3. The van der Waals surface area contributed by atoms with E-state index >= 15 is 0 Å². The molecule has 4 fully saturated rings. The van der Waals surface area contributed by atoms with E-state index in [4.69, 9.17) is 0 Å². The highest BCUT2D eigenvalue weighted by atomic mass is 16.2. The van der Waals surface area contributed by atoms with Gasteiger partial charge in [0.1, 0.15) is 5.69 Å². The van der Waals surface area contributed by atoms with Gasteiger partial charge in [0.2, 0.25) is 11.7 Å². The number of allylic oxidation sites excluding steroid dienone is 2. The average Bonchev–Trinajstić information content (AvgIpc) is 3.73. The van der Waals surface area contributed by atoms with Crippen molar-refractivity contribution in [1.82, 2.24) is 25.5 Å². The Morgan fingerprint density at radius 3 is 2.35 bits per heavy atom. The monoisotopic (exact) mass is 717 g/mol. The summed E-state index contributed by atoms with van der Waals surface area (Å²) in [6.07, 6.45) is 18.8. The average molecular weight is 718 g/mol. The highest BCUT2D eigenvalue weighted by Gasteiger charge is 2.50. The molecule has 0 aromatic carbocycles. The molecular formula is C41H59N5O6. The number of Topliss-reactive ketones (excluding diaryl/α,β-unsaturated/α-hetero) is 3.